The number of hydrogen-bond donors (Lipinski definition) is 0. The topological polar surface area (TPSA) is 0 Å². The minimum Gasteiger partial charge on any atom is -0.0946 e. The lowest BCUT2D eigenvalue weighted by Crippen LogP contribution is -2.17. The molecule has 0 aliphatic heterocycles. The van der Waals surface area contributed by atoms with Crippen LogP contribution in [-0.2, 0) is 0 Å². The Labute approximate surface area is 128 Å². The molecule has 108 valence electrons. The lowest BCUT2D eigenvalue weighted by atomic mass is 9.72. The highest BCUT2D eigenvalue weighted by molar-refractivity contribution is 5.70. The Morgan fingerprint density at radius 2 is 1.38 bits per heavy atom. The highest BCUT2D eigenvalue weighted by atomic mass is 14.3. The molecule has 1 aliphatic rings. The summed E-state index contributed by atoms with van der Waals surface area (Å²) in [5, 5.41) is 0. The third kappa shape index (κ3) is 3.26. The predicted molar refractivity (Wildman–Crippen MR) is 91.2 cm³/mol. The summed E-state index contributed by atoms with van der Waals surface area (Å²) in [6.45, 7) is 4.48. The van der Waals surface area contributed by atoms with Gasteiger partial charge in [0.05, 0.1) is 0 Å². The maximum absolute atomic E-state index is 4.48. The van der Waals surface area contributed by atoms with E-state index in [2.05, 4.69) is 67.2 Å². The molecule has 0 spiro atoms. The van der Waals surface area contributed by atoms with Crippen molar-refractivity contribution in [3.8, 4) is 0 Å². The monoisotopic (exact) mass is 276 g/mol. The van der Waals surface area contributed by atoms with Crippen LogP contribution in [0.4, 0.5) is 0 Å². The SMILES string of the molecule is C=C(c1ccccc1)C(c1ccccc1)C1CCCCC1. The fourth-order valence-corrected chi connectivity index (χ4v) is 3.72. The molecule has 0 amide bonds. The third-order valence-corrected chi connectivity index (χ3v) is 4.80. The van der Waals surface area contributed by atoms with E-state index in [1.54, 1.807) is 0 Å². The first kappa shape index (κ1) is 14.1. The van der Waals surface area contributed by atoms with Gasteiger partial charge in [-0.25, -0.2) is 0 Å². The van der Waals surface area contributed by atoms with Crippen LogP contribution in [-0.4, -0.2) is 0 Å². The Morgan fingerprint density at radius 3 is 2.00 bits per heavy atom. The van der Waals surface area contributed by atoms with Crippen molar-refractivity contribution in [2.45, 2.75) is 38.0 Å². The number of benzene rings is 2. The molecule has 0 saturated heterocycles. The van der Waals surface area contributed by atoms with Crippen molar-refractivity contribution in [1.29, 1.82) is 0 Å². The predicted octanol–water partition coefficient (Wildman–Crippen LogP) is 6.06. The maximum atomic E-state index is 4.48. The summed E-state index contributed by atoms with van der Waals surface area (Å²) in [4.78, 5) is 0. The Hall–Kier alpha value is -1.82. The fraction of sp³-hybridized carbons (Fsp3) is 0.333. The van der Waals surface area contributed by atoms with Crippen LogP contribution < -0.4 is 0 Å². The Bertz CT molecular complexity index is 562. The molecule has 0 heterocycles. The summed E-state index contributed by atoms with van der Waals surface area (Å²) in [6.07, 6.45) is 6.82. The minimum atomic E-state index is 0.467. The Balaban J connectivity index is 1.94. The van der Waals surface area contributed by atoms with E-state index in [4.69, 9.17) is 0 Å². The molecule has 0 aromatic heterocycles. The molecule has 21 heavy (non-hydrogen) atoms. The Morgan fingerprint density at radius 1 is 0.810 bits per heavy atom. The van der Waals surface area contributed by atoms with E-state index in [1.807, 2.05) is 0 Å². The molecular formula is C21H24. The maximum Gasteiger partial charge on any atom is 0.0118 e. The van der Waals surface area contributed by atoms with Crippen molar-refractivity contribution in [3.63, 3.8) is 0 Å². The van der Waals surface area contributed by atoms with Gasteiger partial charge in [-0.1, -0.05) is 86.5 Å². The summed E-state index contributed by atoms with van der Waals surface area (Å²) in [5.41, 5.74) is 4.00. The van der Waals surface area contributed by atoms with Crippen LogP contribution >= 0.6 is 0 Å². The van der Waals surface area contributed by atoms with Crippen LogP contribution in [0.25, 0.3) is 5.57 Å². The van der Waals surface area contributed by atoms with Gasteiger partial charge in [0.1, 0.15) is 0 Å². The van der Waals surface area contributed by atoms with Gasteiger partial charge in [0, 0.05) is 5.92 Å². The molecule has 1 atom stereocenters. The quantitative estimate of drug-likeness (QED) is 0.636. The summed E-state index contributed by atoms with van der Waals surface area (Å²) in [6, 6.07) is 21.7. The molecule has 1 aliphatic carbocycles. The highest BCUT2D eigenvalue weighted by Gasteiger charge is 2.27. The van der Waals surface area contributed by atoms with Crippen molar-refractivity contribution < 1.29 is 0 Å². The van der Waals surface area contributed by atoms with E-state index in [0.29, 0.717) is 5.92 Å². The van der Waals surface area contributed by atoms with Gasteiger partial charge in [0.2, 0.25) is 0 Å². The van der Waals surface area contributed by atoms with E-state index >= 15 is 0 Å². The zero-order valence-corrected chi connectivity index (χ0v) is 12.7. The van der Waals surface area contributed by atoms with Crippen LogP contribution in [0.2, 0.25) is 0 Å². The second-order valence-corrected chi connectivity index (χ2v) is 6.18. The molecule has 0 radical (unpaired) electrons. The first-order valence-corrected chi connectivity index (χ1v) is 8.15. The number of rotatable bonds is 4. The van der Waals surface area contributed by atoms with Crippen molar-refractivity contribution in [1.82, 2.24) is 0 Å². The molecule has 3 rings (SSSR count). The van der Waals surface area contributed by atoms with Crippen LogP contribution in [0.3, 0.4) is 0 Å². The van der Waals surface area contributed by atoms with Gasteiger partial charge in [-0.05, 0) is 35.5 Å². The number of hydrogen-bond acceptors (Lipinski definition) is 0. The van der Waals surface area contributed by atoms with Gasteiger partial charge < -0.3 is 0 Å². The molecule has 0 N–H and O–H groups in total. The van der Waals surface area contributed by atoms with Crippen molar-refractivity contribution >= 4 is 5.57 Å². The molecule has 1 fully saturated rings. The summed E-state index contributed by atoms with van der Waals surface area (Å²) in [7, 11) is 0. The Kier molecular flexibility index (Phi) is 4.55. The summed E-state index contributed by atoms with van der Waals surface area (Å²) < 4.78 is 0. The second kappa shape index (κ2) is 6.76. The van der Waals surface area contributed by atoms with Crippen molar-refractivity contribution in [2.24, 2.45) is 5.92 Å². The molecule has 2 aromatic rings. The van der Waals surface area contributed by atoms with Crippen molar-refractivity contribution in [3.05, 3.63) is 78.4 Å². The molecule has 0 bridgehead atoms. The van der Waals surface area contributed by atoms with E-state index in [9.17, 15) is 0 Å². The molecular weight excluding hydrogens is 252 g/mol. The van der Waals surface area contributed by atoms with Crippen LogP contribution in [0, 0.1) is 5.92 Å². The lowest BCUT2D eigenvalue weighted by Gasteiger charge is -2.32. The molecule has 0 heteroatoms. The fourth-order valence-electron chi connectivity index (χ4n) is 3.72. The number of allylic oxidation sites excluding steroid dienone is 1. The van der Waals surface area contributed by atoms with E-state index in [0.717, 1.165) is 5.92 Å². The van der Waals surface area contributed by atoms with E-state index in [1.165, 1.54) is 48.8 Å². The highest BCUT2D eigenvalue weighted by Crippen LogP contribution is 2.43. The second-order valence-electron chi connectivity index (χ2n) is 6.18. The summed E-state index contributed by atoms with van der Waals surface area (Å²) >= 11 is 0. The largest absolute Gasteiger partial charge is 0.0946 e. The minimum absolute atomic E-state index is 0.467. The van der Waals surface area contributed by atoms with Gasteiger partial charge >= 0.3 is 0 Å². The molecule has 1 unspecified atom stereocenters. The average molecular weight is 276 g/mol. The molecule has 0 nitrogen and oxygen atoms in total. The van der Waals surface area contributed by atoms with Gasteiger partial charge in [-0.3, -0.25) is 0 Å². The van der Waals surface area contributed by atoms with Crippen LogP contribution in [0.15, 0.2) is 67.2 Å². The zero-order chi connectivity index (χ0) is 14.5. The van der Waals surface area contributed by atoms with E-state index < -0.39 is 0 Å². The lowest BCUT2D eigenvalue weighted by molar-refractivity contribution is 0.337. The normalized spacial score (nSPS) is 17.3. The van der Waals surface area contributed by atoms with Gasteiger partial charge in [-0.15, -0.1) is 0 Å². The molecule has 1 saturated carbocycles. The van der Waals surface area contributed by atoms with Gasteiger partial charge in [0.25, 0.3) is 0 Å². The van der Waals surface area contributed by atoms with Gasteiger partial charge in [-0.2, -0.15) is 0 Å². The first-order valence-electron chi connectivity index (χ1n) is 8.15. The average Bonchev–Trinajstić information content (AvgIpc) is 2.58. The van der Waals surface area contributed by atoms with Crippen LogP contribution in [0.5, 0.6) is 0 Å². The third-order valence-electron chi connectivity index (χ3n) is 4.80. The van der Waals surface area contributed by atoms with Crippen LogP contribution in [0.1, 0.15) is 49.1 Å². The standard InChI is InChI=1S/C21H24/c1-17(18-11-5-2-6-12-18)21(19-13-7-3-8-14-19)20-15-9-4-10-16-20/h2-3,5-8,11-14,20-21H,1,4,9-10,15-16H2. The molecule has 2 aromatic carbocycles. The first-order chi connectivity index (χ1) is 10.4. The zero-order valence-electron chi connectivity index (χ0n) is 12.7. The van der Waals surface area contributed by atoms with Gasteiger partial charge in [0.15, 0.2) is 0 Å². The summed E-state index contributed by atoms with van der Waals surface area (Å²) in [5.74, 6) is 1.21. The van der Waals surface area contributed by atoms with E-state index in [-0.39, 0.29) is 0 Å². The van der Waals surface area contributed by atoms with Crippen molar-refractivity contribution in [2.75, 3.05) is 0 Å². The smallest absolute Gasteiger partial charge is 0.0118 e.